The summed E-state index contributed by atoms with van der Waals surface area (Å²) < 4.78 is 1.33. The number of likely N-dealkylation sites (tertiary alicyclic amines) is 1. The number of amides is 1. The number of carbonyl (C=O) groups excluding carboxylic acids is 1. The molecule has 1 saturated heterocycles. The average molecular weight is 576 g/mol. The Hall–Kier alpha value is -0.1000. The van der Waals surface area contributed by atoms with E-state index in [9.17, 15) is 4.79 Å². The number of nitrogens with one attached hydrogen (secondary N) is 2. The van der Waals surface area contributed by atoms with Crippen LogP contribution in [0.1, 0.15) is 31.1 Å². The van der Waals surface area contributed by atoms with Gasteiger partial charge in [-0.25, -0.2) is 0 Å². The van der Waals surface area contributed by atoms with Gasteiger partial charge in [-0.2, -0.15) is 0 Å². The molecule has 0 atom stereocenters. The van der Waals surface area contributed by atoms with Gasteiger partial charge in [0.15, 0.2) is 5.96 Å². The first-order valence-electron chi connectivity index (χ1n) is 8.23. The van der Waals surface area contributed by atoms with Crippen LogP contribution in [0, 0.1) is 2.88 Å². The van der Waals surface area contributed by atoms with E-state index in [1.54, 1.807) is 0 Å². The molecular weight excluding hydrogens is 550 g/mol. The van der Waals surface area contributed by atoms with Crippen LogP contribution in [-0.2, 0) is 11.2 Å². The molecule has 1 aromatic heterocycles. The normalized spacial score (nSPS) is 14.7. The van der Waals surface area contributed by atoms with Crippen molar-refractivity contribution < 1.29 is 4.79 Å². The molecular formula is C16H26I2N4OS. The zero-order valence-corrected chi connectivity index (χ0v) is 19.3. The van der Waals surface area contributed by atoms with E-state index in [2.05, 4.69) is 57.3 Å². The quantitative estimate of drug-likeness (QED) is 0.217. The van der Waals surface area contributed by atoms with Gasteiger partial charge in [-0.05, 0) is 60.9 Å². The minimum Gasteiger partial charge on any atom is -0.357 e. The number of halogens is 2. The summed E-state index contributed by atoms with van der Waals surface area (Å²) in [6.07, 6.45) is 3.66. The number of carbonyl (C=O) groups is 1. The highest BCUT2D eigenvalue weighted by Gasteiger charge is 2.18. The van der Waals surface area contributed by atoms with E-state index in [1.807, 2.05) is 16.2 Å². The van der Waals surface area contributed by atoms with Crippen molar-refractivity contribution in [2.45, 2.75) is 32.6 Å². The van der Waals surface area contributed by atoms with Gasteiger partial charge < -0.3 is 15.5 Å². The molecule has 2 rings (SSSR count). The van der Waals surface area contributed by atoms with Gasteiger partial charge in [0.25, 0.3) is 0 Å². The van der Waals surface area contributed by atoms with Crippen LogP contribution >= 0.6 is 57.9 Å². The van der Waals surface area contributed by atoms with E-state index in [0.717, 1.165) is 64.4 Å². The predicted molar refractivity (Wildman–Crippen MR) is 121 cm³/mol. The summed E-state index contributed by atoms with van der Waals surface area (Å²) in [5, 5.41) is 6.65. The summed E-state index contributed by atoms with van der Waals surface area (Å²) >= 11 is 4.19. The van der Waals surface area contributed by atoms with Crippen LogP contribution in [0.15, 0.2) is 17.1 Å². The Labute approximate surface area is 179 Å². The van der Waals surface area contributed by atoms with Gasteiger partial charge in [0.1, 0.15) is 0 Å². The van der Waals surface area contributed by atoms with Crippen molar-refractivity contribution in [3.05, 3.63) is 19.9 Å². The summed E-state index contributed by atoms with van der Waals surface area (Å²) in [5.41, 5.74) is 0. The number of rotatable bonds is 8. The summed E-state index contributed by atoms with van der Waals surface area (Å²) in [5.74, 6) is 1.16. The van der Waals surface area contributed by atoms with Crippen molar-refractivity contribution in [2.24, 2.45) is 4.99 Å². The Morgan fingerprint density at radius 2 is 2.25 bits per heavy atom. The van der Waals surface area contributed by atoms with Crippen LogP contribution in [0.4, 0.5) is 0 Å². The maximum Gasteiger partial charge on any atom is 0.222 e. The van der Waals surface area contributed by atoms with Gasteiger partial charge in [-0.15, -0.1) is 35.3 Å². The second-order valence-electron chi connectivity index (χ2n) is 5.48. The maximum atomic E-state index is 11.5. The van der Waals surface area contributed by atoms with Gasteiger partial charge in [-0.3, -0.25) is 9.79 Å². The molecule has 0 bridgehead atoms. The number of hydrogen-bond donors (Lipinski definition) is 2. The molecule has 24 heavy (non-hydrogen) atoms. The van der Waals surface area contributed by atoms with Crippen molar-refractivity contribution in [2.75, 3.05) is 32.7 Å². The lowest BCUT2D eigenvalue weighted by Gasteiger charge is -2.15. The van der Waals surface area contributed by atoms with Gasteiger partial charge in [0, 0.05) is 44.0 Å². The second-order valence-corrected chi connectivity index (χ2v) is 8.54. The molecule has 136 valence electrons. The molecule has 0 unspecified atom stereocenters. The maximum absolute atomic E-state index is 11.5. The largest absolute Gasteiger partial charge is 0.357 e. The van der Waals surface area contributed by atoms with Crippen molar-refractivity contribution >= 4 is 69.8 Å². The van der Waals surface area contributed by atoms with Crippen molar-refractivity contribution in [1.29, 1.82) is 0 Å². The fourth-order valence-corrected chi connectivity index (χ4v) is 4.28. The van der Waals surface area contributed by atoms with Crippen LogP contribution < -0.4 is 10.6 Å². The highest BCUT2D eigenvalue weighted by Crippen LogP contribution is 2.18. The van der Waals surface area contributed by atoms with Crippen molar-refractivity contribution in [1.82, 2.24) is 15.5 Å². The van der Waals surface area contributed by atoms with Crippen LogP contribution in [0.3, 0.4) is 0 Å². The highest BCUT2D eigenvalue weighted by atomic mass is 127. The molecule has 0 aromatic carbocycles. The number of guanidine groups is 1. The SMILES string of the molecule is CCNC(=NCCCN1CCCC1=O)NCCc1ccc(I)s1.I. The molecule has 1 aliphatic heterocycles. The average Bonchev–Trinajstić information content (AvgIpc) is 3.12. The molecule has 2 heterocycles. The Kier molecular flexibility index (Phi) is 11.2. The Bertz CT molecular complexity index is 536. The standard InChI is InChI=1S/C16H25IN4OS.HI/c1-2-18-16(20-10-8-13-6-7-14(17)23-13)19-9-4-12-21-11-3-5-15(21)22;/h6-7H,2-5,8-12H2,1H3,(H2,18,19,20);1H. The molecule has 0 spiro atoms. The smallest absolute Gasteiger partial charge is 0.222 e. The van der Waals surface area contributed by atoms with E-state index >= 15 is 0 Å². The zero-order valence-electron chi connectivity index (χ0n) is 14.0. The van der Waals surface area contributed by atoms with Gasteiger partial charge in [-0.1, -0.05) is 0 Å². The minimum atomic E-state index is 0. The minimum absolute atomic E-state index is 0. The fourth-order valence-electron chi connectivity index (χ4n) is 2.52. The molecule has 0 radical (unpaired) electrons. The first-order chi connectivity index (χ1) is 11.2. The van der Waals surface area contributed by atoms with E-state index in [4.69, 9.17) is 0 Å². The monoisotopic (exact) mass is 576 g/mol. The third-order valence-corrected chi connectivity index (χ3v) is 5.62. The Morgan fingerprint density at radius 1 is 1.42 bits per heavy atom. The number of thiophene rings is 1. The Morgan fingerprint density at radius 3 is 2.88 bits per heavy atom. The topological polar surface area (TPSA) is 56.7 Å². The van der Waals surface area contributed by atoms with Crippen LogP contribution in [-0.4, -0.2) is 49.5 Å². The molecule has 1 aliphatic rings. The first-order valence-corrected chi connectivity index (χ1v) is 10.1. The third kappa shape index (κ3) is 7.85. The molecule has 0 aliphatic carbocycles. The predicted octanol–water partition coefficient (Wildman–Crippen LogP) is 3.08. The molecule has 0 saturated carbocycles. The molecule has 2 N–H and O–H groups in total. The van der Waals surface area contributed by atoms with Crippen LogP contribution in [0.5, 0.6) is 0 Å². The van der Waals surface area contributed by atoms with E-state index < -0.39 is 0 Å². The van der Waals surface area contributed by atoms with Gasteiger partial charge in [0.05, 0.1) is 2.88 Å². The first kappa shape index (κ1) is 21.9. The number of nitrogens with zero attached hydrogens (tertiary/aromatic N) is 2. The number of aliphatic imine (C=N–C) groups is 1. The van der Waals surface area contributed by atoms with Gasteiger partial charge >= 0.3 is 0 Å². The lowest BCUT2D eigenvalue weighted by Crippen LogP contribution is -2.38. The van der Waals surface area contributed by atoms with E-state index in [1.165, 1.54) is 7.76 Å². The second kappa shape index (κ2) is 12.3. The molecule has 5 nitrogen and oxygen atoms in total. The molecule has 1 aromatic rings. The lowest BCUT2D eigenvalue weighted by atomic mass is 10.3. The zero-order chi connectivity index (χ0) is 16.5. The highest BCUT2D eigenvalue weighted by molar-refractivity contribution is 14.1. The Balaban J connectivity index is 0.00000288. The molecule has 8 heteroatoms. The third-order valence-electron chi connectivity index (χ3n) is 3.66. The van der Waals surface area contributed by atoms with Gasteiger partial charge in [0.2, 0.25) is 5.91 Å². The van der Waals surface area contributed by atoms with Crippen LogP contribution in [0.25, 0.3) is 0 Å². The summed E-state index contributed by atoms with van der Waals surface area (Å²) in [7, 11) is 0. The van der Waals surface area contributed by atoms with Crippen LogP contribution in [0.2, 0.25) is 0 Å². The molecule has 1 amide bonds. The summed E-state index contributed by atoms with van der Waals surface area (Å²) in [6.45, 7) is 6.30. The fraction of sp³-hybridized carbons (Fsp3) is 0.625. The summed E-state index contributed by atoms with van der Waals surface area (Å²) in [4.78, 5) is 19.5. The lowest BCUT2D eigenvalue weighted by molar-refractivity contribution is -0.127. The van der Waals surface area contributed by atoms with E-state index in [-0.39, 0.29) is 24.0 Å². The number of hydrogen-bond acceptors (Lipinski definition) is 3. The summed E-state index contributed by atoms with van der Waals surface area (Å²) in [6, 6.07) is 4.34. The van der Waals surface area contributed by atoms with Crippen molar-refractivity contribution in [3.63, 3.8) is 0 Å². The molecule has 1 fully saturated rings. The van der Waals surface area contributed by atoms with Crippen molar-refractivity contribution in [3.8, 4) is 0 Å². The van der Waals surface area contributed by atoms with E-state index in [0.29, 0.717) is 5.91 Å².